The van der Waals surface area contributed by atoms with Crippen LogP contribution in [-0.4, -0.2) is 4.57 Å². The van der Waals surface area contributed by atoms with Crippen molar-refractivity contribution in [2.75, 3.05) is 0 Å². The van der Waals surface area contributed by atoms with E-state index in [1.807, 2.05) is 54.7 Å². The highest BCUT2D eigenvalue weighted by molar-refractivity contribution is 5.88. The first-order valence-electron chi connectivity index (χ1n) is 5.67. The summed E-state index contributed by atoms with van der Waals surface area (Å²) in [7, 11) is 0. The Balaban J connectivity index is 2.41. The van der Waals surface area contributed by atoms with Gasteiger partial charge in [0.1, 0.15) is 0 Å². The summed E-state index contributed by atoms with van der Waals surface area (Å²) in [6, 6.07) is 16.0. The number of aromatic nitrogens is 1. The van der Waals surface area contributed by atoms with Crippen LogP contribution in [0.5, 0.6) is 0 Å². The number of benzene rings is 1. The van der Waals surface area contributed by atoms with Gasteiger partial charge < -0.3 is 4.57 Å². The molecular weight excluding hydrogens is 208 g/mol. The van der Waals surface area contributed by atoms with E-state index in [1.54, 1.807) is 0 Å². The summed E-state index contributed by atoms with van der Waals surface area (Å²) in [6.07, 6.45) is 3.95. The molecular formula is C15H14N2. The third-order valence-corrected chi connectivity index (χ3v) is 2.70. The first-order valence-corrected chi connectivity index (χ1v) is 5.67. The maximum atomic E-state index is 9.21. The Labute approximate surface area is 101 Å². The minimum Gasteiger partial charge on any atom is -0.348 e. The zero-order valence-corrected chi connectivity index (χ0v) is 9.80. The highest BCUT2D eigenvalue weighted by Crippen LogP contribution is 2.17. The summed E-state index contributed by atoms with van der Waals surface area (Å²) in [6.45, 7) is 3.00. The molecule has 0 bridgehead atoms. The van der Waals surface area contributed by atoms with Crippen LogP contribution in [-0.2, 0) is 6.54 Å². The summed E-state index contributed by atoms with van der Waals surface area (Å²) in [5.74, 6) is 0. The molecule has 2 rings (SSSR count). The third-order valence-electron chi connectivity index (χ3n) is 2.70. The molecule has 0 radical (unpaired) electrons. The normalized spacial score (nSPS) is 11.2. The van der Waals surface area contributed by atoms with Crippen molar-refractivity contribution in [1.29, 1.82) is 5.26 Å². The minimum absolute atomic E-state index is 0.694. The molecule has 0 atom stereocenters. The van der Waals surface area contributed by atoms with Crippen molar-refractivity contribution < 1.29 is 0 Å². The lowest BCUT2D eigenvalue weighted by Crippen LogP contribution is -1.94. The van der Waals surface area contributed by atoms with Crippen LogP contribution in [0.3, 0.4) is 0 Å². The molecule has 17 heavy (non-hydrogen) atoms. The predicted octanol–water partition coefficient (Wildman–Crippen LogP) is 3.57. The molecule has 0 N–H and O–H groups in total. The van der Waals surface area contributed by atoms with Crippen LogP contribution < -0.4 is 0 Å². The van der Waals surface area contributed by atoms with Crippen LogP contribution in [0, 0.1) is 11.3 Å². The Hall–Kier alpha value is -2.27. The van der Waals surface area contributed by atoms with E-state index >= 15 is 0 Å². The smallest absolute Gasteiger partial charge is 0.0998 e. The van der Waals surface area contributed by atoms with E-state index in [0.29, 0.717) is 5.57 Å². The second-order valence-corrected chi connectivity index (χ2v) is 3.75. The first kappa shape index (κ1) is 11.2. The molecule has 0 saturated heterocycles. The standard InChI is InChI=1S/C15H14N2/c1-2-17-10-6-9-15(17)11-14(12-16)13-7-4-3-5-8-13/h3-11H,2H2,1H3. The van der Waals surface area contributed by atoms with Gasteiger partial charge in [-0.1, -0.05) is 30.3 Å². The molecule has 0 aliphatic carbocycles. The molecule has 0 unspecified atom stereocenters. The van der Waals surface area contributed by atoms with Crippen molar-refractivity contribution in [3.8, 4) is 6.07 Å². The van der Waals surface area contributed by atoms with Gasteiger partial charge in [-0.25, -0.2) is 0 Å². The van der Waals surface area contributed by atoms with E-state index in [0.717, 1.165) is 17.8 Å². The fraction of sp³-hybridized carbons (Fsp3) is 0.133. The molecule has 1 aromatic carbocycles. The number of rotatable bonds is 3. The van der Waals surface area contributed by atoms with Crippen LogP contribution in [0.1, 0.15) is 18.2 Å². The molecule has 0 amide bonds. The summed E-state index contributed by atoms with van der Waals surface area (Å²) in [5.41, 5.74) is 2.71. The van der Waals surface area contributed by atoms with Gasteiger partial charge in [0.2, 0.25) is 0 Å². The Bertz CT molecular complexity index is 556. The largest absolute Gasteiger partial charge is 0.348 e. The maximum absolute atomic E-state index is 9.21. The molecule has 0 saturated carbocycles. The van der Waals surface area contributed by atoms with E-state index < -0.39 is 0 Å². The number of hydrogen-bond donors (Lipinski definition) is 0. The van der Waals surface area contributed by atoms with Crippen molar-refractivity contribution in [3.05, 3.63) is 59.9 Å². The molecule has 0 aliphatic rings. The number of nitrogens with zero attached hydrogens (tertiary/aromatic N) is 2. The molecule has 84 valence electrons. The van der Waals surface area contributed by atoms with Crippen LogP contribution in [0.25, 0.3) is 11.6 Å². The summed E-state index contributed by atoms with van der Waals surface area (Å²) < 4.78 is 2.11. The molecule has 0 fully saturated rings. The molecule has 2 heteroatoms. The van der Waals surface area contributed by atoms with Crippen LogP contribution >= 0.6 is 0 Å². The lowest BCUT2D eigenvalue weighted by atomic mass is 10.1. The van der Waals surface area contributed by atoms with E-state index in [1.165, 1.54) is 0 Å². The summed E-state index contributed by atoms with van der Waals surface area (Å²) in [4.78, 5) is 0. The fourth-order valence-electron chi connectivity index (χ4n) is 1.79. The summed E-state index contributed by atoms with van der Waals surface area (Å²) >= 11 is 0. The second-order valence-electron chi connectivity index (χ2n) is 3.75. The van der Waals surface area contributed by atoms with Gasteiger partial charge in [-0.3, -0.25) is 0 Å². The molecule has 0 aliphatic heterocycles. The van der Waals surface area contributed by atoms with Crippen molar-refractivity contribution >= 4 is 11.6 Å². The van der Waals surface area contributed by atoms with Gasteiger partial charge in [-0.15, -0.1) is 0 Å². The minimum atomic E-state index is 0.694. The van der Waals surface area contributed by atoms with Gasteiger partial charge in [0.15, 0.2) is 0 Å². The average Bonchev–Trinajstić information content (AvgIpc) is 2.84. The third kappa shape index (κ3) is 2.46. The molecule has 1 heterocycles. The van der Waals surface area contributed by atoms with Gasteiger partial charge in [-0.2, -0.15) is 5.26 Å². The zero-order valence-electron chi connectivity index (χ0n) is 9.80. The Morgan fingerprint density at radius 2 is 2.00 bits per heavy atom. The van der Waals surface area contributed by atoms with Gasteiger partial charge in [0, 0.05) is 18.4 Å². The van der Waals surface area contributed by atoms with Crippen molar-refractivity contribution in [2.24, 2.45) is 0 Å². The van der Waals surface area contributed by atoms with Gasteiger partial charge in [0.25, 0.3) is 0 Å². The van der Waals surface area contributed by atoms with Crippen molar-refractivity contribution in [2.45, 2.75) is 13.5 Å². The first-order chi connectivity index (χ1) is 8.35. The lowest BCUT2D eigenvalue weighted by Gasteiger charge is -2.03. The van der Waals surface area contributed by atoms with Gasteiger partial charge >= 0.3 is 0 Å². The molecule has 2 nitrogen and oxygen atoms in total. The van der Waals surface area contributed by atoms with Crippen LogP contribution in [0.15, 0.2) is 48.7 Å². The molecule has 1 aromatic heterocycles. The Morgan fingerprint density at radius 1 is 1.24 bits per heavy atom. The van der Waals surface area contributed by atoms with Gasteiger partial charge in [-0.05, 0) is 30.7 Å². The molecule has 2 aromatic rings. The number of allylic oxidation sites excluding steroid dienone is 1. The highest BCUT2D eigenvalue weighted by Gasteiger charge is 2.02. The van der Waals surface area contributed by atoms with Crippen molar-refractivity contribution in [3.63, 3.8) is 0 Å². The lowest BCUT2D eigenvalue weighted by molar-refractivity contribution is 0.762. The fourth-order valence-corrected chi connectivity index (χ4v) is 1.79. The SMILES string of the molecule is CCn1cccc1C=C(C#N)c1ccccc1. The van der Waals surface area contributed by atoms with Crippen LogP contribution in [0.2, 0.25) is 0 Å². The van der Waals surface area contributed by atoms with E-state index in [-0.39, 0.29) is 0 Å². The molecule has 0 spiro atoms. The van der Waals surface area contributed by atoms with Crippen LogP contribution in [0.4, 0.5) is 0 Å². The average molecular weight is 222 g/mol. The Morgan fingerprint density at radius 3 is 2.65 bits per heavy atom. The monoisotopic (exact) mass is 222 g/mol. The maximum Gasteiger partial charge on any atom is 0.0998 e. The number of hydrogen-bond acceptors (Lipinski definition) is 1. The van der Waals surface area contributed by atoms with E-state index in [4.69, 9.17) is 0 Å². The summed E-state index contributed by atoms with van der Waals surface area (Å²) in [5, 5.41) is 9.21. The van der Waals surface area contributed by atoms with Gasteiger partial charge in [0.05, 0.1) is 11.6 Å². The number of aryl methyl sites for hydroxylation is 1. The quantitative estimate of drug-likeness (QED) is 0.730. The number of nitriles is 1. The van der Waals surface area contributed by atoms with E-state index in [2.05, 4.69) is 17.6 Å². The highest BCUT2D eigenvalue weighted by atomic mass is 14.9. The zero-order chi connectivity index (χ0) is 12.1. The van der Waals surface area contributed by atoms with E-state index in [9.17, 15) is 5.26 Å². The predicted molar refractivity (Wildman–Crippen MR) is 70.0 cm³/mol. The van der Waals surface area contributed by atoms with Crippen molar-refractivity contribution in [1.82, 2.24) is 4.57 Å². The second kappa shape index (κ2) is 5.18. The topological polar surface area (TPSA) is 28.7 Å². The Kier molecular flexibility index (Phi) is 3.42.